The number of fused-ring (bicyclic) bond motifs is 2. The number of hydrogen-bond acceptors (Lipinski definition) is 8. The Morgan fingerprint density at radius 2 is 1.67 bits per heavy atom. The molecule has 3 aliphatic heterocycles. The van der Waals surface area contributed by atoms with E-state index in [2.05, 4.69) is 9.89 Å². The van der Waals surface area contributed by atoms with Gasteiger partial charge in [0, 0.05) is 49.2 Å². The molecule has 3 aromatic rings. The number of halogens is 4. The fraction of sp³-hybridized carbons (Fsp3) is 0.333. The molecule has 0 N–H and O–H groups in total. The smallest absolute Gasteiger partial charge is 0.416 e. The predicted molar refractivity (Wildman–Crippen MR) is 150 cm³/mol. The number of benzene rings is 3. The van der Waals surface area contributed by atoms with Crippen LogP contribution < -0.4 is 19.3 Å². The van der Waals surface area contributed by atoms with Crippen LogP contribution in [0.2, 0.25) is 0 Å². The summed E-state index contributed by atoms with van der Waals surface area (Å²) in [6.45, 7) is 2.17. The number of esters is 1. The highest BCUT2D eigenvalue weighted by Crippen LogP contribution is 2.43. The first-order chi connectivity index (χ1) is 19.7. The molecule has 3 aromatic carbocycles. The summed E-state index contributed by atoms with van der Waals surface area (Å²) in [5.41, 5.74) is 0.715. The topological polar surface area (TPSA) is 66.8 Å². The highest BCUT2D eigenvalue weighted by atomic mass is 19.4. The van der Waals surface area contributed by atoms with Crippen LogP contribution in [0.3, 0.4) is 0 Å². The van der Waals surface area contributed by atoms with E-state index in [0.717, 1.165) is 17.8 Å². The van der Waals surface area contributed by atoms with Gasteiger partial charge >= 0.3 is 12.1 Å². The Labute approximate surface area is 240 Å². The predicted octanol–water partition coefficient (Wildman–Crippen LogP) is 6.14. The zero-order chi connectivity index (χ0) is 28.7. The fourth-order valence-electron chi connectivity index (χ4n) is 5.39. The molecule has 0 amide bonds. The van der Waals surface area contributed by atoms with Gasteiger partial charge < -0.3 is 28.9 Å². The monoisotopic (exact) mass is 586 g/mol. The molecule has 1 saturated heterocycles. The van der Waals surface area contributed by atoms with Gasteiger partial charge in [0.1, 0.15) is 11.5 Å². The first-order valence-electron chi connectivity index (χ1n) is 13.0. The molecule has 0 aliphatic carbocycles. The zero-order valence-corrected chi connectivity index (χ0v) is 22.0. The van der Waals surface area contributed by atoms with Gasteiger partial charge in [-0.05, 0) is 36.4 Å². The summed E-state index contributed by atoms with van der Waals surface area (Å²) in [5.74, 6) is 0.433. The highest BCUT2D eigenvalue weighted by molar-refractivity contribution is 6.01. The largest absolute Gasteiger partial charge is 0.469 e. The Morgan fingerprint density at radius 3 is 2.40 bits per heavy atom. The number of nitrogens with zero attached hydrogens (tertiary/aromatic N) is 4. The van der Waals surface area contributed by atoms with Crippen LogP contribution in [0.25, 0.3) is 0 Å². The average molecular weight is 587 g/mol. The molecular weight excluding hydrogens is 556 g/mol. The molecule has 3 aliphatic rings. The van der Waals surface area contributed by atoms with Crippen molar-refractivity contribution in [2.75, 3.05) is 49.9 Å². The second-order valence-corrected chi connectivity index (χ2v) is 9.82. The van der Waals surface area contributed by atoms with E-state index in [1.165, 1.54) is 31.4 Å². The van der Waals surface area contributed by atoms with Gasteiger partial charge in [0.2, 0.25) is 12.8 Å². The standard InChI is InChI=1S/C29H26F4N4O4.CH4/c1-39-26(38)16-23-21-6-3-7-22(30)27(21)34-28(37(23)20-5-2-4-18(14-20)29(31,32)33)36-12-10-35(11-13-36)19-8-9-24-25(15-19)41-17-40-24;/h2-9,14-15,23H,10-13,16-17H2,1H3;1H4. The fourth-order valence-corrected chi connectivity index (χ4v) is 5.39. The number of carbonyl (C=O) groups excluding carboxylic acids is 1. The third-order valence-corrected chi connectivity index (χ3v) is 7.44. The molecule has 1 fully saturated rings. The minimum atomic E-state index is -4.58. The lowest BCUT2D eigenvalue weighted by atomic mass is 9.97. The second kappa shape index (κ2) is 11.4. The summed E-state index contributed by atoms with van der Waals surface area (Å²) in [6.07, 6.45) is -4.80. The molecular formula is C30H30F4N4O4. The molecule has 0 aromatic heterocycles. The van der Waals surface area contributed by atoms with E-state index in [9.17, 15) is 18.0 Å². The van der Waals surface area contributed by atoms with Gasteiger partial charge in [0.05, 0.1) is 25.1 Å². The lowest BCUT2D eigenvalue weighted by Gasteiger charge is -2.45. The van der Waals surface area contributed by atoms with Crippen LogP contribution in [0.1, 0.15) is 31.0 Å². The van der Waals surface area contributed by atoms with Gasteiger partial charge in [0.25, 0.3) is 0 Å². The number of hydrogen-bond donors (Lipinski definition) is 0. The number of carbonyl (C=O) groups is 1. The van der Waals surface area contributed by atoms with Gasteiger partial charge in [0.15, 0.2) is 11.5 Å². The molecule has 42 heavy (non-hydrogen) atoms. The molecule has 12 heteroatoms. The number of anilines is 2. The van der Waals surface area contributed by atoms with Crippen LogP contribution in [0.4, 0.5) is 34.6 Å². The maximum Gasteiger partial charge on any atom is 0.416 e. The average Bonchev–Trinajstić information content (AvgIpc) is 3.45. The quantitative estimate of drug-likeness (QED) is 0.269. The third kappa shape index (κ3) is 5.40. The molecule has 1 unspecified atom stereocenters. The Morgan fingerprint density at radius 1 is 0.952 bits per heavy atom. The second-order valence-electron chi connectivity index (χ2n) is 9.82. The molecule has 0 radical (unpaired) electrons. The van der Waals surface area contributed by atoms with E-state index in [1.807, 2.05) is 23.1 Å². The van der Waals surface area contributed by atoms with Crippen molar-refractivity contribution in [2.24, 2.45) is 4.99 Å². The lowest BCUT2D eigenvalue weighted by Crippen LogP contribution is -2.55. The van der Waals surface area contributed by atoms with Crippen molar-refractivity contribution >= 4 is 29.0 Å². The molecule has 222 valence electrons. The van der Waals surface area contributed by atoms with Crippen LogP contribution in [0, 0.1) is 5.82 Å². The minimum Gasteiger partial charge on any atom is -0.469 e. The van der Waals surface area contributed by atoms with Crippen molar-refractivity contribution in [1.29, 1.82) is 0 Å². The molecule has 8 nitrogen and oxygen atoms in total. The van der Waals surface area contributed by atoms with E-state index < -0.39 is 29.6 Å². The Balaban J connectivity index is 0.00000353. The van der Waals surface area contributed by atoms with E-state index in [4.69, 9.17) is 14.2 Å². The van der Waals surface area contributed by atoms with Gasteiger partial charge in [-0.2, -0.15) is 13.2 Å². The van der Waals surface area contributed by atoms with Crippen LogP contribution in [0.15, 0.2) is 65.7 Å². The van der Waals surface area contributed by atoms with E-state index in [1.54, 1.807) is 11.0 Å². The first-order valence-corrected chi connectivity index (χ1v) is 13.0. The Hall–Kier alpha value is -4.48. The van der Waals surface area contributed by atoms with Gasteiger partial charge in [-0.15, -0.1) is 0 Å². The van der Waals surface area contributed by atoms with E-state index in [0.29, 0.717) is 43.2 Å². The summed E-state index contributed by atoms with van der Waals surface area (Å²) in [5, 5.41) is 0. The lowest BCUT2D eigenvalue weighted by molar-refractivity contribution is -0.141. The number of ether oxygens (including phenoxy) is 3. The van der Waals surface area contributed by atoms with Crippen LogP contribution in [-0.4, -0.2) is 56.9 Å². The van der Waals surface area contributed by atoms with Crippen molar-refractivity contribution in [3.8, 4) is 11.5 Å². The number of piperazine rings is 1. The summed E-state index contributed by atoms with van der Waals surface area (Å²) in [6, 6.07) is 14.1. The molecule has 3 heterocycles. The van der Waals surface area contributed by atoms with Crippen molar-refractivity contribution in [3.63, 3.8) is 0 Å². The van der Waals surface area contributed by atoms with Crippen molar-refractivity contribution in [3.05, 3.63) is 77.6 Å². The summed E-state index contributed by atoms with van der Waals surface area (Å²) in [4.78, 5) is 22.8. The molecule has 0 bridgehead atoms. The summed E-state index contributed by atoms with van der Waals surface area (Å²) in [7, 11) is 1.23. The van der Waals surface area contributed by atoms with Crippen molar-refractivity contribution in [2.45, 2.75) is 26.1 Å². The normalized spacial score (nSPS) is 17.8. The molecule has 0 saturated carbocycles. The highest BCUT2D eigenvalue weighted by Gasteiger charge is 2.39. The van der Waals surface area contributed by atoms with Gasteiger partial charge in [-0.1, -0.05) is 25.6 Å². The van der Waals surface area contributed by atoms with Crippen LogP contribution in [0.5, 0.6) is 11.5 Å². The van der Waals surface area contributed by atoms with Gasteiger partial charge in [-0.3, -0.25) is 4.79 Å². The minimum absolute atomic E-state index is 0. The molecule has 1 atom stereocenters. The van der Waals surface area contributed by atoms with Crippen LogP contribution >= 0.6 is 0 Å². The molecule has 0 spiro atoms. The number of guanidine groups is 1. The first kappa shape index (κ1) is 29.0. The van der Waals surface area contributed by atoms with Crippen molar-refractivity contribution in [1.82, 2.24) is 4.90 Å². The maximum absolute atomic E-state index is 15.1. The third-order valence-electron chi connectivity index (χ3n) is 7.44. The Kier molecular flexibility index (Phi) is 7.89. The Bertz CT molecular complexity index is 1500. The van der Waals surface area contributed by atoms with E-state index >= 15 is 4.39 Å². The summed E-state index contributed by atoms with van der Waals surface area (Å²) < 4.78 is 72.1. The van der Waals surface area contributed by atoms with Gasteiger partial charge in [-0.25, -0.2) is 9.38 Å². The molecule has 6 rings (SSSR count). The number of methoxy groups -OCH3 is 1. The van der Waals surface area contributed by atoms with E-state index in [-0.39, 0.29) is 38.0 Å². The maximum atomic E-state index is 15.1. The number of rotatable bonds is 4. The number of para-hydroxylation sites is 1. The van der Waals surface area contributed by atoms with Crippen LogP contribution in [-0.2, 0) is 15.7 Å². The SMILES string of the molecule is C.COC(=O)CC1c2cccc(F)c2N=C(N2CCN(c3ccc4c(c3)OCO4)CC2)N1c1cccc(C(F)(F)F)c1. The van der Waals surface area contributed by atoms with Crippen molar-refractivity contribution < 1.29 is 36.6 Å². The zero-order valence-electron chi connectivity index (χ0n) is 22.0. The number of alkyl halides is 3. The summed E-state index contributed by atoms with van der Waals surface area (Å²) >= 11 is 0. The number of aliphatic imine (C=N–C) groups is 1.